The predicted molar refractivity (Wildman–Crippen MR) is 105 cm³/mol. The molecule has 0 spiro atoms. The molecule has 2 aromatic heterocycles. The molecule has 28 heavy (non-hydrogen) atoms. The number of aryl methyl sites for hydroxylation is 2. The van der Waals surface area contributed by atoms with Crippen molar-refractivity contribution in [3.63, 3.8) is 0 Å². The third-order valence-electron chi connectivity index (χ3n) is 3.98. The van der Waals surface area contributed by atoms with E-state index in [1.165, 1.54) is 10.9 Å². The van der Waals surface area contributed by atoms with Gasteiger partial charge in [0.2, 0.25) is 5.91 Å². The molecule has 2 heterocycles. The van der Waals surface area contributed by atoms with Gasteiger partial charge in [-0.25, -0.2) is 9.48 Å². The zero-order valence-corrected chi connectivity index (χ0v) is 16.3. The summed E-state index contributed by atoms with van der Waals surface area (Å²) in [6.45, 7) is 4.09. The lowest BCUT2D eigenvalue weighted by Gasteiger charge is -2.11. The molecule has 8 nitrogen and oxygen atoms in total. The lowest BCUT2D eigenvalue weighted by atomic mass is 10.3. The first-order chi connectivity index (χ1) is 13.5. The van der Waals surface area contributed by atoms with E-state index in [2.05, 4.69) is 15.5 Å². The summed E-state index contributed by atoms with van der Waals surface area (Å²) in [5.41, 5.74) is 1.61. The van der Waals surface area contributed by atoms with Crippen LogP contribution in [-0.4, -0.2) is 38.0 Å². The number of esters is 1. The smallest absolute Gasteiger partial charge is 0.343 e. The van der Waals surface area contributed by atoms with E-state index in [1.54, 1.807) is 24.7 Å². The first-order valence-electron chi connectivity index (χ1n) is 8.79. The van der Waals surface area contributed by atoms with Gasteiger partial charge >= 0.3 is 5.97 Å². The molecule has 3 aromatic rings. The molecule has 0 fully saturated rings. The van der Waals surface area contributed by atoms with E-state index >= 15 is 0 Å². The maximum Gasteiger partial charge on any atom is 0.343 e. The van der Waals surface area contributed by atoms with Crippen molar-refractivity contribution >= 4 is 29.3 Å². The van der Waals surface area contributed by atoms with Gasteiger partial charge in [0, 0.05) is 19.2 Å². The molecular formula is C19H20ClN5O3. The highest BCUT2D eigenvalue weighted by Crippen LogP contribution is 2.21. The Bertz CT molecular complexity index is 961. The predicted octanol–water partition coefficient (Wildman–Crippen LogP) is 3.24. The normalized spacial score (nSPS) is 10.7. The molecule has 3 rings (SSSR count). The summed E-state index contributed by atoms with van der Waals surface area (Å²) in [5.74, 6) is -0.564. The average Bonchev–Trinajstić information content (AvgIpc) is 3.24. The average molecular weight is 402 g/mol. The zero-order valence-electron chi connectivity index (χ0n) is 15.6. The number of carbonyl (C=O) groups excluding carboxylic acids is 2. The van der Waals surface area contributed by atoms with E-state index in [9.17, 15) is 9.59 Å². The number of anilines is 1. The number of carbonyl (C=O) groups is 2. The molecule has 1 aromatic carbocycles. The lowest BCUT2D eigenvalue weighted by molar-refractivity contribution is -0.116. The van der Waals surface area contributed by atoms with Gasteiger partial charge in [-0.1, -0.05) is 29.8 Å². The monoisotopic (exact) mass is 401 g/mol. The molecule has 0 aliphatic heterocycles. The van der Waals surface area contributed by atoms with Crippen molar-refractivity contribution < 1.29 is 14.3 Å². The lowest BCUT2D eigenvalue weighted by Crippen LogP contribution is -2.19. The number of hydrogen-bond donors (Lipinski definition) is 1. The molecule has 9 heteroatoms. The first kappa shape index (κ1) is 19.6. The van der Waals surface area contributed by atoms with Gasteiger partial charge in [0.05, 0.1) is 29.2 Å². The summed E-state index contributed by atoms with van der Waals surface area (Å²) in [5, 5.41) is 11.8. The molecule has 0 aliphatic carbocycles. The largest absolute Gasteiger partial charge is 0.462 e. The Morgan fingerprint density at radius 1 is 1.25 bits per heavy atom. The number of hydrogen-bond acceptors (Lipinski definition) is 5. The Hall–Kier alpha value is -3.13. The minimum atomic E-state index is -0.547. The molecular weight excluding hydrogens is 382 g/mol. The number of nitrogens with zero attached hydrogens (tertiary/aromatic N) is 4. The molecule has 146 valence electrons. The fourth-order valence-corrected chi connectivity index (χ4v) is 2.76. The maximum absolute atomic E-state index is 12.5. The van der Waals surface area contributed by atoms with E-state index in [0.717, 1.165) is 0 Å². The van der Waals surface area contributed by atoms with Gasteiger partial charge in [-0.2, -0.15) is 10.2 Å². The number of amides is 1. The van der Waals surface area contributed by atoms with Crippen LogP contribution in [0.2, 0.25) is 5.02 Å². The number of benzene rings is 1. The quantitative estimate of drug-likeness (QED) is 0.614. The molecule has 0 bridgehead atoms. The molecule has 0 unspecified atom stereocenters. The molecule has 0 atom stereocenters. The molecule has 1 amide bonds. The van der Waals surface area contributed by atoms with Crippen LogP contribution in [0, 0.1) is 6.92 Å². The van der Waals surface area contributed by atoms with E-state index in [4.69, 9.17) is 16.3 Å². The van der Waals surface area contributed by atoms with Gasteiger partial charge in [-0.05, 0) is 26.0 Å². The summed E-state index contributed by atoms with van der Waals surface area (Å²) in [6, 6.07) is 9.21. The number of para-hydroxylation sites is 1. The van der Waals surface area contributed by atoms with Gasteiger partial charge in [0.25, 0.3) is 0 Å². The maximum atomic E-state index is 12.5. The summed E-state index contributed by atoms with van der Waals surface area (Å²) in [4.78, 5) is 24.8. The Morgan fingerprint density at radius 2 is 2.00 bits per heavy atom. The Balaban J connectivity index is 1.81. The van der Waals surface area contributed by atoms with Gasteiger partial charge in [-0.3, -0.25) is 9.48 Å². The standard InChI is InChI=1S/C19H20ClN5O3/c1-3-28-19(27)15-11-21-25(14-7-5-4-6-8-14)18(15)22-17(26)9-10-24-12-16(20)13(2)23-24/h4-8,11-12H,3,9-10H2,1-2H3,(H,22,26). The summed E-state index contributed by atoms with van der Waals surface area (Å²) in [6.07, 6.45) is 3.21. The van der Waals surface area contributed by atoms with Crippen LogP contribution >= 0.6 is 11.6 Å². The summed E-state index contributed by atoms with van der Waals surface area (Å²) in [7, 11) is 0. The number of aromatic nitrogens is 4. The van der Waals surface area contributed by atoms with Crippen molar-refractivity contribution in [2.45, 2.75) is 26.8 Å². The van der Waals surface area contributed by atoms with Crippen molar-refractivity contribution in [1.82, 2.24) is 19.6 Å². The topological polar surface area (TPSA) is 91.0 Å². The van der Waals surface area contributed by atoms with E-state index in [-0.39, 0.29) is 30.3 Å². The van der Waals surface area contributed by atoms with Gasteiger partial charge in [0.15, 0.2) is 5.82 Å². The van der Waals surface area contributed by atoms with Crippen LogP contribution in [0.4, 0.5) is 5.82 Å². The van der Waals surface area contributed by atoms with Crippen LogP contribution < -0.4 is 5.32 Å². The Labute approximate surface area is 167 Å². The van der Waals surface area contributed by atoms with Crippen LogP contribution in [0.5, 0.6) is 0 Å². The molecule has 0 saturated heterocycles. The van der Waals surface area contributed by atoms with E-state index < -0.39 is 5.97 Å². The van der Waals surface area contributed by atoms with Crippen molar-refractivity contribution in [2.75, 3.05) is 11.9 Å². The number of nitrogens with one attached hydrogen (secondary N) is 1. The number of ether oxygens (including phenoxy) is 1. The third-order valence-corrected chi connectivity index (χ3v) is 4.35. The number of rotatable bonds is 7. The number of halogens is 1. The molecule has 0 radical (unpaired) electrons. The minimum Gasteiger partial charge on any atom is -0.462 e. The van der Waals surface area contributed by atoms with Crippen LogP contribution in [0.1, 0.15) is 29.4 Å². The third kappa shape index (κ3) is 4.40. The van der Waals surface area contributed by atoms with Crippen LogP contribution in [-0.2, 0) is 16.1 Å². The van der Waals surface area contributed by atoms with Crippen LogP contribution in [0.15, 0.2) is 42.7 Å². The van der Waals surface area contributed by atoms with Crippen molar-refractivity contribution in [3.05, 3.63) is 59.0 Å². The molecule has 0 aliphatic rings. The second-order valence-corrected chi connectivity index (χ2v) is 6.41. The summed E-state index contributed by atoms with van der Waals surface area (Å²) >= 11 is 5.99. The molecule has 0 saturated carbocycles. The van der Waals surface area contributed by atoms with Crippen LogP contribution in [0.3, 0.4) is 0 Å². The van der Waals surface area contributed by atoms with Gasteiger partial charge in [-0.15, -0.1) is 0 Å². The highest BCUT2D eigenvalue weighted by Gasteiger charge is 2.21. The Kier molecular flexibility index (Phi) is 6.10. The second-order valence-electron chi connectivity index (χ2n) is 6.00. The van der Waals surface area contributed by atoms with Gasteiger partial charge in [0.1, 0.15) is 5.56 Å². The van der Waals surface area contributed by atoms with Gasteiger partial charge < -0.3 is 10.1 Å². The Morgan fingerprint density at radius 3 is 2.64 bits per heavy atom. The second kappa shape index (κ2) is 8.71. The van der Waals surface area contributed by atoms with Crippen LogP contribution in [0.25, 0.3) is 5.69 Å². The first-order valence-corrected chi connectivity index (χ1v) is 9.17. The van der Waals surface area contributed by atoms with Crippen molar-refractivity contribution in [3.8, 4) is 5.69 Å². The van der Waals surface area contributed by atoms with Crippen molar-refractivity contribution in [2.24, 2.45) is 0 Å². The van der Waals surface area contributed by atoms with Crippen molar-refractivity contribution in [1.29, 1.82) is 0 Å². The van der Waals surface area contributed by atoms with E-state index in [0.29, 0.717) is 22.9 Å². The highest BCUT2D eigenvalue weighted by molar-refractivity contribution is 6.31. The summed E-state index contributed by atoms with van der Waals surface area (Å²) < 4.78 is 8.18. The van der Waals surface area contributed by atoms with E-state index in [1.807, 2.05) is 30.3 Å². The highest BCUT2D eigenvalue weighted by atomic mass is 35.5. The minimum absolute atomic E-state index is 0.152. The molecule has 1 N–H and O–H groups in total. The zero-order chi connectivity index (χ0) is 20.1. The fraction of sp³-hybridized carbons (Fsp3) is 0.263. The SMILES string of the molecule is CCOC(=O)c1cnn(-c2ccccc2)c1NC(=O)CCn1cc(Cl)c(C)n1. The fourth-order valence-electron chi connectivity index (χ4n) is 2.61.